The van der Waals surface area contributed by atoms with Crippen molar-refractivity contribution in [3.8, 4) is 0 Å². The maximum Gasteiger partial charge on any atom is 0.319 e. The summed E-state index contributed by atoms with van der Waals surface area (Å²) in [5.41, 5.74) is 0.719. The molecule has 0 spiro atoms. The van der Waals surface area contributed by atoms with E-state index in [1.165, 1.54) is 0 Å². The Morgan fingerprint density at radius 1 is 1.50 bits per heavy atom. The van der Waals surface area contributed by atoms with Gasteiger partial charge in [0, 0.05) is 11.0 Å². The van der Waals surface area contributed by atoms with E-state index in [-0.39, 0.29) is 6.03 Å². The topological polar surface area (TPSA) is 61.4 Å². The van der Waals surface area contributed by atoms with E-state index in [9.17, 15) is 4.79 Å². The van der Waals surface area contributed by atoms with Crippen LogP contribution in [0, 0.1) is 0 Å². The molecule has 88 valence electrons. The molecule has 1 rings (SSSR count). The first-order valence-corrected chi connectivity index (χ1v) is 5.86. The van der Waals surface area contributed by atoms with E-state index >= 15 is 0 Å². The molecular formula is C11H15BrN2O2. The monoisotopic (exact) mass is 286 g/mol. The molecule has 0 saturated heterocycles. The Morgan fingerprint density at radius 2 is 2.19 bits per heavy atom. The second kappa shape index (κ2) is 6.50. The van der Waals surface area contributed by atoms with E-state index in [0.29, 0.717) is 13.0 Å². The van der Waals surface area contributed by atoms with E-state index in [1.807, 2.05) is 18.2 Å². The number of nitrogens with one attached hydrogen (secondary N) is 2. The highest BCUT2D eigenvalue weighted by Gasteiger charge is 2.04. The molecule has 1 atom stereocenters. The summed E-state index contributed by atoms with van der Waals surface area (Å²) in [6, 6.07) is 7.10. The lowest BCUT2D eigenvalue weighted by Crippen LogP contribution is -2.30. The Labute approximate surface area is 103 Å². The predicted octanol–water partition coefficient (Wildman–Crippen LogP) is 2.34. The number of anilines is 1. The van der Waals surface area contributed by atoms with Crippen LogP contribution < -0.4 is 10.6 Å². The first-order valence-electron chi connectivity index (χ1n) is 5.07. The Morgan fingerprint density at radius 3 is 2.81 bits per heavy atom. The Balaban J connectivity index is 2.37. The highest BCUT2D eigenvalue weighted by molar-refractivity contribution is 9.10. The summed E-state index contributed by atoms with van der Waals surface area (Å²) < 4.78 is 0.834. The smallest absolute Gasteiger partial charge is 0.319 e. The van der Waals surface area contributed by atoms with Crippen LogP contribution in [0.5, 0.6) is 0 Å². The number of aliphatic hydroxyl groups excluding tert-OH is 1. The normalized spacial score (nSPS) is 11.9. The van der Waals surface area contributed by atoms with Gasteiger partial charge in [-0.3, -0.25) is 0 Å². The highest BCUT2D eigenvalue weighted by atomic mass is 79.9. The van der Waals surface area contributed by atoms with Gasteiger partial charge >= 0.3 is 6.03 Å². The van der Waals surface area contributed by atoms with Gasteiger partial charge in [0.2, 0.25) is 0 Å². The number of para-hydroxylation sites is 1. The number of carbonyl (C=O) groups excluding carboxylic acids is 1. The molecule has 16 heavy (non-hydrogen) atoms. The minimum Gasteiger partial charge on any atom is -0.393 e. The molecule has 5 heteroatoms. The van der Waals surface area contributed by atoms with E-state index in [0.717, 1.165) is 10.2 Å². The second-order valence-electron chi connectivity index (χ2n) is 3.50. The van der Waals surface area contributed by atoms with Crippen LogP contribution in [0.2, 0.25) is 0 Å². The van der Waals surface area contributed by atoms with Crippen molar-refractivity contribution in [1.82, 2.24) is 5.32 Å². The summed E-state index contributed by atoms with van der Waals surface area (Å²) in [5, 5.41) is 14.4. The molecule has 0 aliphatic carbocycles. The van der Waals surface area contributed by atoms with Crippen LogP contribution in [0.1, 0.15) is 13.3 Å². The lowest BCUT2D eigenvalue weighted by Gasteiger charge is -2.09. The quantitative estimate of drug-likeness (QED) is 0.796. The van der Waals surface area contributed by atoms with Crippen molar-refractivity contribution in [1.29, 1.82) is 0 Å². The number of rotatable bonds is 4. The summed E-state index contributed by atoms with van der Waals surface area (Å²) in [5.74, 6) is 0. The molecule has 0 aromatic heterocycles. The number of carbonyl (C=O) groups is 1. The Bertz CT molecular complexity index is 356. The summed E-state index contributed by atoms with van der Waals surface area (Å²) in [7, 11) is 0. The number of benzene rings is 1. The number of hydrogen-bond donors (Lipinski definition) is 3. The number of hydrogen-bond acceptors (Lipinski definition) is 2. The highest BCUT2D eigenvalue weighted by Crippen LogP contribution is 2.20. The van der Waals surface area contributed by atoms with Crippen LogP contribution in [0.15, 0.2) is 28.7 Å². The van der Waals surface area contributed by atoms with Crippen molar-refractivity contribution in [3.05, 3.63) is 28.7 Å². The van der Waals surface area contributed by atoms with Gasteiger partial charge in [0.05, 0.1) is 11.8 Å². The van der Waals surface area contributed by atoms with Crippen molar-refractivity contribution in [2.24, 2.45) is 0 Å². The van der Waals surface area contributed by atoms with E-state index in [4.69, 9.17) is 5.11 Å². The van der Waals surface area contributed by atoms with Gasteiger partial charge in [-0.05, 0) is 41.4 Å². The molecule has 0 aliphatic rings. The third-order valence-electron chi connectivity index (χ3n) is 1.97. The largest absolute Gasteiger partial charge is 0.393 e. The molecule has 1 aromatic carbocycles. The second-order valence-corrected chi connectivity index (χ2v) is 4.35. The molecule has 0 heterocycles. The SMILES string of the molecule is CC(O)CCNC(=O)Nc1ccccc1Br. The molecule has 4 nitrogen and oxygen atoms in total. The van der Waals surface area contributed by atoms with Crippen LogP contribution in [0.3, 0.4) is 0 Å². The fraction of sp³-hybridized carbons (Fsp3) is 0.364. The maximum absolute atomic E-state index is 11.4. The van der Waals surface area contributed by atoms with Crippen molar-refractivity contribution in [2.45, 2.75) is 19.4 Å². The fourth-order valence-corrected chi connectivity index (χ4v) is 1.51. The van der Waals surface area contributed by atoms with Crippen LogP contribution in [0.4, 0.5) is 10.5 Å². The third kappa shape index (κ3) is 4.63. The molecule has 1 unspecified atom stereocenters. The molecule has 0 fully saturated rings. The summed E-state index contributed by atoms with van der Waals surface area (Å²) in [6.45, 7) is 2.14. The standard InChI is InChI=1S/C11H15BrN2O2/c1-8(15)6-7-13-11(16)14-10-5-3-2-4-9(10)12/h2-5,8,15H,6-7H2,1H3,(H2,13,14,16). The molecular weight excluding hydrogens is 272 g/mol. The molecule has 0 bridgehead atoms. The summed E-state index contributed by atoms with van der Waals surface area (Å²) in [4.78, 5) is 11.4. The zero-order valence-corrected chi connectivity index (χ0v) is 10.6. The van der Waals surface area contributed by atoms with Crippen LogP contribution in [0.25, 0.3) is 0 Å². The van der Waals surface area contributed by atoms with Crippen LogP contribution in [-0.4, -0.2) is 23.8 Å². The fourth-order valence-electron chi connectivity index (χ4n) is 1.12. The summed E-state index contributed by atoms with van der Waals surface area (Å²) in [6.07, 6.45) is 0.146. The maximum atomic E-state index is 11.4. The molecule has 2 amide bonds. The zero-order chi connectivity index (χ0) is 12.0. The number of urea groups is 1. The lowest BCUT2D eigenvalue weighted by atomic mass is 10.3. The predicted molar refractivity (Wildman–Crippen MR) is 67.5 cm³/mol. The van der Waals surface area contributed by atoms with Gasteiger partial charge in [-0.15, -0.1) is 0 Å². The lowest BCUT2D eigenvalue weighted by molar-refractivity contribution is 0.184. The molecule has 0 aliphatic heterocycles. The number of halogens is 1. The third-order valence-corrected chi connectivity index (χ3v) is 2.66. The van der Waals surface area contributed by atoms with Crippen molar-refractivity contribution in [2.75, 3.05) is 11.9 Å². The average molecular weight is 287 g/mol. The van der Waals surface area contributed by atoms with Gasteiger partial charge < -0.3 is 15.7 Å². The number of amides is 2. The molecule has 0 radical (unpaired) electrons. The Kier molecular flexibility index (Phi) is 5.28. The average Bonchev–Trinajstić information content (AvgIpc) is 2.21. The van der Waals surface area contributed by atoms with Gasteiger partial charge in [0.15, 0.2) is 0 Å². The van der Waals surface area contributed by atoms with Gasteiger partial charge in [-0.25, -0.2) is 4.79 Å². The Hall–Kier alpha value is -1.07. The van der Waals surface area contributed by atoms with Gasteiger partial charge in [0.1, 0.15) is 0 Å². The molecule has 3 N–H and O–H groups in total. The first kappa shape index (κ1) is 13.0. The van der Waals surface area contributed by atoms with E-state index in [2.05, 4.69) is 26.6 Å². The van der Waals surface area contributed by atoms with Gasteiger partial charge in [0.25, 0.3) is 0 Å². The number of aliphatic hydroxyl groups is 1. The van der Waals surface area contributed by atoms with Crippen molar-refractivity contribution in [3.63, 3.8) is 0 Å². The van der Waals surface area contributed by atoms with E-state index in [1.54, 1.807) is 13.0 Å². The van der Waals surface area contributed by atoms with E-state index < -0.39 is 6.10 Å². The molecule has 0 saturated carbocycles. The van der Waals surface area contributed by atoms with Gasteiger partial charge in [-0.2, -0.15) is 0 Å². The minimum atomic E-state index is -0.399. The first-order chi connectivity index (χ1) is 7.59. The van der Waals surface area contributed by atoms with Crippen molar-refractivity contribution >= 4 is 27.6 Å². The summed E-state index contributed by atoms with van der Waals surface area (Å²) >= 11 is 3.33. The molecule has 1 aromatic rings. The minimum absolute atomic E-state index is 0.271. The van der Waals surface area contributed by atoms with Crippen molar-refractivity contribution < 1.29 is 9.90 Å². The zero-order valence-electron chi connectivity index (χ0n) is 9.03. The van der Waals surface area contributed by atoms with Crippen LogP contribution in [-0.2, 0) is 0 Å². The van der Waals surface area contributed by atoms with Crippen LogP contribution >= 0.6 is 15.9 Å². The van der Waals surface area contributed by atoms with Gasteiger partial charge in [-0.1, -0.05) is 12.1 Å².